The number of carbonyl (C=O) groups excluding carboxylic acids is 1. The van der Waals surface area contributed by atoms with Crippen LogP contribution in [-0.4, -0.2) is 30.1 Å². The largest absolute Gasteiger partial charge is 0.379 e. The van der Waals surface area contributed by atoms with Crippen LogP contribution in [0, 0.1) is 11.3 Å². The average molecular weight is 260 g/mol. The van der Waals surface area contributed by atoms with Crippen molar-refractivity contribution in [2.24, 2.45) is 11.3 Å². The van der Waals surface area contributed by atoms with Crippen LogP contribution in [0.15, 0.2) is 24.5 Å². The molecule has 4 nitrogen and oxygen atoms in total. The summed E-state index contributed by atoms with van der Waals surface area (Å²) in [6.45, 7) is 3.40. The van der Waals surface area contributed by atoms with Crippen LogP contribution in [-0.2, 0) is 16.0 Å². The third-order valence-electron chi connectivity index (χ3n) is 4.31. The summed E-state index contributed by atoms with van der Waals surface area (Å²) >= 11 is 0. The highest BCUT2D eigenvalue weighted by molar-refractivity contribution is 5.85. The second-order valence-corrected chi connectivity index (χ2v) is 6.00. The van der Waals surface area contributed by atoms with Gasteiger partial charge in [0.2, 0.25) is 5.91 Å². The maximum atomic E-state index is 12.1. The Labute approximate surface area is 113 Å². The van der Waals surface area contributed by atoms with Gasteiger partial charge in [0.15, 0.2) is 0 Å². The summed E-state index contributed by atoms with van der Waals surface area (Å²) in [7, 11) is 0. The Kier molecular flexibility index (Phi) is 3.27. The summed E-state index contributed by atoms with van der Waals surface area (Å²) in [5, 5.41) is 3.17. The predicted octanol–water partition coefficient (Wildman–Crippen LogP) is 1.56. The molecule has 1 N–H and O–H groups in total. The Morgan fingerprint density at radius 3 is 2.84 bits per heavy atom. The number of rotatable bonds is 4. The van der Waals surface area contributed by atoms with Crippen molar-refractivity contribution >= 4 is 5.91 Å². The SMILES string of the molecule is CC1(C(=O)N[C@H]2COC[C@H]2Cc2ccncc2)CC1. The van der Waals surface area contributed by atoms with Crippen LogP contribution in [0.3, 0.4) is 0 Å². The third-order valence-corrected chi connectivity index (χ3v) is 4.31. The van der Waals surface area contributed by atoms with Crippen molar-refractivity contribution in [1.82, 2.24) is 10.3 Å². The molecule has 1 saturated heterocycles. The van der Waals surface area contributed by atoms with Crippen molar-refractivity contribution in [3.63, 3.8) is 0 Å². The molecular formula is C15H20N2O2. The van der Waals surface area contributed by atoms with E-state index in [-0.39, 0.29) is 17.4 Å². The molecule has 2 aliphatic rings. The van der Waals surface area contributed by atoms with Crippen molar-refractivity contribution in [2.45, 2.75) is 32.2 Å². The van der Waals surface area contributed by atoms with Gasteiger partial charge in [-0.05, 0) is 37.0 Å². The number of pyridine rings is 1. The van der Waals surface area contributed by atoms with Gasteiger partial charge < -0.3 is 10.1 Å². The quantitative estimate of drug-likeness (QED) is 0.893. The fourth-order valence-electron chi connectivity index (χ4n) is 2.54. The van der Waals surface area contributed by atoms with Crippen LogP contribution < -0.4 is 5.32 Å². The van der Waals surface area contributed by atoms with Gasteiger partial charge in [-0.3, -0.25) is 9.78 Å². The Bertz CT molecular complexity index is 456. The zero-order valence-corrected chi connectivity index (χ0v) is 11.3. The number of nitrogens with zero attached hydrogens (tertiary/aromatic N) is 1. The Morgan fingerprint density at radius 2 is 2.16 bits per heavy atom. The van der Waals surface area contributed by atoms with Crippen molar-refractivity contribution in [1.29, 1.82) is 0 Å². The van der Waals surface area contributed by atoms with E-state index in [1.165, 1.54) is 5.56 Å². The molecule has 2 atom stereocenters. The van der Waals surface area contributed by atoms with Gasteiger partial charge in [0.05, 0.1) is 19.3 Å². The summed E-state index contributed by atoms with van der Waals surface area (Å²) in [6.07, 6.45) is 6.58. The molecule has 1 aromatic heterocycles. The van der Waals surface area contributed by atoms with Gasteiger partial charge in [-0.15, -0.1) is 0 Å². The maximum Gasteiger partial charge on any atom is 0.226 e. The molecule has 1 aliphatic heterocycles. The fraction of sp³-hybridized carbons (Fsp3) is 0.600. The van der Waals surface area contributed by atoms with Crippen LogP contribution in [0.5, 0.6) is 0 Å². The van der Waals surface area contributed by atoms with E-state index in [4.69, 9.17) is 4.74 Å². The summed E-state index contributed by atoms with van der Waals surface area (Å²) in [6, 6.07) is 4.21. The predicted molar refractivity (Wildman–Crippen MR) is 71.5 cm³/mol. The lowest BCUT2D eigenvalue weighted by molar-refractivity contribution is -0.126. The number of hydrogen-bond acceptors (Lipinski definition) is 3. The topological polar surface area (TPSA) is 51.2 Å². The fourth-order valence-corrected chi connectivity index (χ4v) is 2.54. The highest BCUT2D eigenvalue weighted by Crippen LogP contribution is 2.45. The van der Waals surface area contributed by atoms with Gasteiger partial charge in [-0.25, -0.2) is 0 Å². The van der Waals surface area contributed by atoms with Gasteiger partial charge in [-0.1, -0.05) is 6.92 Å². The molecule has 0 unspecified atom stereocenters. The summed E-state index contributed by atoms with van der Waals surface area (Å²) in [4.78, 5) is 16.1. The molecular weight excluding hydrogens is 240 g/mol. The Morgan fingerprint density at radius 1 is 1.42 bits per heavy atom. The zero-order valence-electron chi connectivity index (χ0n) is 11.3. The minimum absolute atomic E-state index is 0.107. The molecule has 0 radical (unpaired) electrons. The van der Waals surface area contributed by atoms with Crippen LogP contribution in [0.4, 0.5) is 0 Å². The van der Waals surface area contributed by atoms with Gasteiger partial charge >= 0.3 is 0 Å². The minimum Gasteiger partial charge on any atom is -0.379 e. The molecule has 1 aliphatic carbocycles. The smallest absolute Gasteiger partial charge is 0.226 e. The van der Waals surface area contributed by atoms with Crippen molar-refractivity contribution in [2.75, 3.05) is 13.2 Å². The first-order valence-electron chi connectivity index (χ1n) is 6.95. The monoisotopic (exact) mass is 260 g/mol. The van der Waals surface area contributed by atoms with Crippen LogP contribution >= 0.6 is 0 Å². The van der Waals surface area contributed by atoms with Crippen molar-refractivity contribution in [3.05, 3.63) is 30.1 Å². The number of aromatic nitrogens is 1. The maximum absolute atomic E-state index is 12.1. The highest BCUT2D eigenvalue weighted by Gasteiger charge is 2.46. The molecule has 0 aromatic carbocycles. The van der Waals surface area contributed by atoms with E-state index in [1.54, 1.807) is 0 Å². The molecule has 0 bridgehead atoms. The number of ether oxygens (including phenoxy) is 1. The molecule has 1 saturated carbocycles. The second kappa shape index (κ2) is 4.93. The standard InChI is InChI=1S/C15H20N2O2/c1-15(4-5-15)14(18)17-13-10-19-9-12(13)8-11-2-6-16-7-3-11/h2-3,6-7,12-13H,4-5,8-10H2,1H3,(H,17,18)/t12-,13+/m1/s1. The Balaban J connectivity index is 1.60. The first kappa shape index (κ1) is 12.6. The molecule has 1 aromatic rings. The number of hydrogen-bond donors (Lipinski definition) is 1. The molecule has 1 amide bonds. The molecule has 0 spiro atoms. The molecule has 3 rings (SSSR count). The molecule has 102 valence electrons. The first-order valence-corrected chi connectivity index (χ1v) is 6.95. The number of nitrogens with one attached hydrogen (secondary N) is 1. The number of amides is 1. The molecule has 2 heterocycles. The van der Waals surface area contributed by atoms with E-state index >= 15 is 0 Å². The van der Waals surface area contributed by atoms with E-state index in [2.05, 4.69) is 10.3 Å². The van der Waals surface area contributed by atoms with Crippen molar-refractivity contribution in [3.8, 4) is 0 Å². The van der Waals surface area contributed by atoms with Gasteiger partial charge in [0.1, 0.15) is 0 Å². The second-order valence-electron chi connectivity index (χ2n) is 6.00. The third kappa shape index (κ3) is 2.78. The van der Waals surface area contributed by atoms with E-state index in [9.17, 15) is 4.79 Å². The van der Waals surface area contributed by atoms with Crippen LogP contribution in [0.1, 0.15) is 25.3 Å². The van der Waals surface area contributed by atoms with E-state index in [1.807, 2.05) is 31.5 Å². The van der Waals surface area contributed by atoms with Crippen LogP contribution in [0.25, 0.3) is 0 Å². The lowest BCUT2D eigenvalue weighted by Gasteiger charge is -2.21. The minimum atomic E-state index is -0.107. The summed E-state index contributed by atoms with van der Waals surface area (Å²) < 4.78 is 5.55. The molecule has 19 heavy (non-hydrogen) atoms. The normalized spacial score (nSPS) is 28.1. The first-order chi connectivity index (χ1) is 9.17. The van der Waals surface area contributed by atoms with Gasteiger partial charge in [0, 0.05) is 23.7 Å². The van der Waals surface area contributed by atoms with E-state index in [0.717, 1.165) is 25.9 Å². The van der Waals surface area contributed by atoms with Crippen LogP contribution in [0.2, 0.25) is 0 Å². The lowest BCUT2D eigenvalue weighted by atomic mass is 9.94. The number of carbonyl (C=O) groups is 1. The van der Waals surface area contributed by atoms with Gasteiger partial charge in [0.25, 0.3) is 0 Å². The van der Waals surface area contributed by atoms with Gasteiger partial charge in [-0.2, -0.15) is 0 Å². The zero-order chi connectivity index (χ0) is 13.3. The summed E-state index contributed by atoms with van der Waals surface area (Å²) in [5.41, 5.74) is 1.14. The summed E-state index contributed by atoms with van der Waals surface area (Å²) in [5.74, 6) is 0.566. The Hall–Kier alpha value is -1.42. The van der Waals surface area contributed by atoms with Crippen molar-refractivity contribution < 1.29 is 9.53 Å². The average Bonchev–Trinajstić information content (AvgIpc) is 3.03. The lowest BCUT2D eigenvalue weighted by Crippen LogP contribution is -2.43. The molecule has 4 heteroatoms. The highest BCUT2D eigenvalue weighted by atomic mass is 16.5. The van der Waals surface area contributed by atoms with E-state index < -0.39 is 0 Å². The molecule has 2 fully saturated rings. The van der Waals surface area contributed by atoms with E-state index in [0.29, 0.717) is 12.5 Å².